The molecule has 0 aliphatic rings. The molecule has 0 radical (unpaired) electrons. The van der Waals surface area contributed by atoms with Crippen molar-refractivity contribution < 1.29 is 4.79 Å². The van der Waals surface area contributed by atoms with Gasteiger partial charge >= 0.3 is 0 Å². The van der Waals surface area contributed by atoms with Gasteiger partial charge in [-0.05, 0) is 30.7 Å². The zero-order valence-electron chi connectivity index (χ0n) is 12.0. The Balaban J connectivity index is 2.25. The van der Waals surface area contributed by atoms with E-state index in [1.165, 1.54) is 4.90 Å². The van der Waals surface area contributed by atoms with Crippen LogP contribution in [0, 0.1) is 0 Å². The van der Waals surface area contributed by atoms with Crippen LogP contribution in [0.4, 0.5) is 11.5 Å². The highest BCUT2D eigenvalue weighted by atomic mass is 35.5. The lowest BCUT2D eigenvalue weighted by Gasteiger charge is -2.17. The molecule has 6 heteroatoms. The van der Waals surface area contributed by atoms with E-state index in [-0.39, 0.29) is 11.6 Å². The molecule has 2 aromatic heterocycles. The highest BCUT2D eigenvalue weighted by molar-refractivity contribution is 6.34. The van der Waals surface area contributed by atoms with E-state index in [1.807, 2.05) is 0 Å². The summed E-state index contributed by atoms with van der Waals surface area (Å²) in [6.07, 6.45) is 4.25. The van der Waals surface area contributed by atoms with Gasteiger partial charge < -0.3 is 10.2 Å². The Kier molecular flexibility index (Phi) is 5.11. The van der Waals surface area contributed by atoms with E-state index < -0.39 is 0 Å². The van der Waals surface area contributed by atoms with Crippen LogP contribution in [-0.2, 0) is 0 Å². The number of halogens is 1. The molecule has 5 nitrogen and oxygen atoms in total. The van der Waals surface area contributed by atoms with E-state index >= 15 is 0 Å². The van der Waals surface area contributed by atoms with Gasteiger partial charge in [-0.25, -0.2) is 4.98 Å². The first-order chi connectivity index (χ1) is 10.1. The number of carbonyl (C=O) groups excluding carboxylic acids is 1. The molecule has 0 unspecified atom stereocenters. The lowest BCUT2D eigenvalue weighted by Crippen LogP contribution is -2.27. The highest BCUT2D eigenvalue weighted by Gasteiger charge is 2.19. The van der Waals surface area contributed by atoms with Crippen molar-refractivity contribution in [3.8, 4) is 0 Å². The summed E-state index contributed by atoms with van der Waals surface area (Å²) < 4.78 is 0. The van der Waals surface area contributed by atoms with Gasteiger partial charge in [-0.2, -0.15) is 0 Å². The second-order valence-electron chi connectivity index (χ2n) is 4.53. The molecule has 2 rings (SSSR count). The van der Waals surface area contributed by atoms with Gasteiger partial charge in [0.15, 0.2) is 0 Å². The van der Waals surface area contributed by atoms with Gasteiger partial charge in [-0.3, -0.25) is 9.78 Å². The molecule has 0 fully saturated rings. The fourth-order valence-electron chi connectivity index (χ4n) is 1.77. The summed E-state index contributed by atoms with van der Waals surface area (Å²) in [6.45, 7) is 2.85. The first-order valence-corrected chi connectivity index (χ1v) is 7.09. The summed E-state index contributed by atoms with van der Waals surface area (Å²) in [4.78, 5) is 22.3. The van der Waals surface area contributed by atoms with Crippen LogP contribution in [0.1, 0.15) is 23.8 Å². The SMILES string of the molecule is CCCNc1ccc(Cl)c(C(=O)N(C)c2cccnc2)n1. The maximum Gasteiger partial charge on any atom is 0.278 e. The van der Waals surface area contributed by atoms with E-state index in [0.29, 0.717) is 16.5 Å². The minimum atomic E-state index is -0.270. The van der Waals surface area contributed by atoms with Crippen molar-refractivity contribution in [1.82, 2.24) is 9.97 Å². The quantitative estimate of drug-likeness (QED) is 0.921. The minimum absolute atomic E-state index is 0.226. The van der Waals surface area contributed by atoms with Crippen LogP contribution >= 0.6 is 11.6 Å². The van der Waals surface area contributed by atoms with Crippen LogP contribution in [0.5, 0.6) is 0 Å². The van der Waals surface area contributed by atoms with Crippen molar-refractivity contribution in [2.24, 2.45) is 0 Å². The van der Waals surface area contributed by atoms with Crippen molar-refractivity contribution >= 4 is 29.0 Å². The van der Waals surface area contributed by atoms with Gasteiger partial charge in [0.25, 0.3) is 5.91 Å². The van der Waals surface area contributed by atoms with Gasteiger partial charge in [-0.15, -0.1) is 0 Å². The Hall–Kier alpha value is -2.14. The number of nitrogens with one attached hydrogen (secondary N) is 1. The normalized spacial score (nSPS) is 10.2. The monoisotopic (exact) mass is 304 g/mol. The third-order valence-electron chi connectivity index (χ3n) is 2.94. The Morgan fingerprint density at radius 1 is 1.38 bits per heavy atom. The summed E-state index contributed by atoms with van der Waals surface area (Å²) in [6, 6.07) is 7.01. The van der Waals surface area contributed by atoms with Gasteiger partial charge in [0.1, 0.15) is 11.5 Å². The first kappa shape index (κ1) is 15.3. The lowest BCUT2D eigenvalue weighted by atomic mass is 10.3. The van der Waals surface area contributed by atoms with E-state index in [4.69, 9.17) is 11.6 Å². The molecule has 0 atom stereocenters. The molecule has 1 amide bonds. The Bertz CT molecular complexity index is 618. The van der Waals surface area contributed by atoms with Crippen molar-refractivity contribution in [2.45, 2.75) is 13.3 Å². The number of hydrogen-bond acceptors (Lipinski definition) is 4. The largest absolute Gasteiger partial charge is 0.370 e. The van der Waals surface area contributed by atoms with Crippen LogP contribution in [-0.4, -0.2) is 29.5 Å². The molecule has 0 aliphatic heterocycles. The van der Waals surface area contributed by atoms with Crippen LogP contribution in [0.15, 0.2) is 36.7 Å². The average Bonchev–Trinajstić information content (AvgIpc) is 2.53. The summed E-state index contributed by atoms with van der Waals surface area (Å²) in [5.41, 5.74) is 0.913. The molecule has 0 saturated carbocycles. The second-order valence-corrected chi connectivity index (χ2v) is 4.94. The van der Waals surface area contributed by atoms with Crippen molar-refractivity contribution in [3.05, 3.63) is 47.4 Å². The van der Waals surface area contributed by atoms with Crippen LogP contribution in [0.3, 0.4) is 0 Å². The van der Waals surface area contributed by atoms with Crippen molar-refractivity contribution in [1.29, 1.82) is 0 Å². The van der Waals surface area contributed by atoms with E-state index in [1.54, 1.807) is 43.7 Å². The average molecular weight is 305 g/mol. The summed E-state index contributed by atoms with van der Waals surface area (Å²) in [7, 11) is 1.67. The second kappa shape index (κ2) is 7.04. The Labute approximate surface area is 129 Å². The fourth-order valence-corrected chi connectivity index (χ4v) is 1.96. The van der Waals surface area contributed by atoms with Crippen LogP contribution in [0.25, 0.3) is 0 Å². The van der Waals surface area contributed by atoms with Gasteiger partial charge in [0, 0.05) is 19.8 Å². The molecule has 2 aromatic rings. The number of aromatic nitrogens is 2. The number of rotatable bonds is 5. The summed E-state index contributed by atoms with van der Waals surface area (Å²) in [5.74, 6) is 0.373. The van der Waals surface area contributed by atoms with E-state index in [0.717, 1.165) is 13.0 Å². The number of amides is 1. The van der Waals surface area contributed by atoms with Gasteiger partial charge in [0.2, 0.25) is 0 Å². The molecule has 0 aromatic carbocycles. The molecule has 1 N–H and O–H groups in total. The number of anilines is 2. The number of carbonyl (C=O) groups is 1. The topological polar surface area (TPSA) is 58.1 Å². The lowest BCUT2D eigenvalue weighted by molar-refractivity contribution is 0.0988. The summed E-state index contributed by atoms with van der Waals surface area (Å²) >= 11 is 6.10. The molecule has 0 aliphatic carbocycles. The molecule has 0 bridgehead atoms. The maximum atomic E-state index is 12.5. The molecule has 110 valence electrons. The van der Waals surface area contributed by atoms with Gasteiger partial charge in [0.05, 0.1) is 16.9 Å². The molecule has 0 spiro atoms. The summed E-state index contributed by atoms with van der Waals surface area (Å²) in [5, 5.41) is 3.47. The van der Waals surface area contributed by atoms with Crippen molar-refractivity contribution in [3.63, 3.8) is 0 Å². The first-order valence-electron chi connectivity index (χ1n) is 6.72. The van der Waals surface area contributed by atoms with Crippen LogP contribution in [0.2, 0.25) is 5.02 Å². The minimum Gasteiger partial charge on any atom is -0.370 e. The Morgan fingerprint density at radius 3 is 2.86 bits per heavy atom. The molecular weight excluding hydrogens is 288 g/mol. The molecule has 0 saturated heterocycles. The van der Waals surface area contributed by atoms with E-state index in [2.05, 4.69) is 22.2 Å². The smallest absolute Gasteiger partial charge is 0.278 e. The van der Waals surface area contributed by atoms with Crippen molar-refractivity contribution in [2.75, 3.05) is 23.8 Å². The van der Waals surface area contributed by atoms with E-state index in [9.17, 15) is 4.79 Å². The molecular formula is C15H17ClN4O. The Morgan fingerprint density at radius 2 is 2.19 bits per heavy atom. The maximum absolute atomic E-state index is 12.5. The predicted octanol–water partition coefficient (Wildman–Crippen LogP) is 3.23. The zero-order chi connectivity index (χ0) is 15.2. The molecule has 2 heterocycles. The standard InChI is InChI=1S/C15H17ClN4O/c1-3-8-18-13-7-6-12(16)14(19-13)15(21)20(2)11-5-4-9-17-10-11/h4-7,9-10H,3,8H2,1-2H3,(H,18,19). The third-order valence-corrected chi connectivity index (χ3v) is 3.25. The number of hydrogen-bond donors (Lipinski definition) is 1. The number of nitrogens with zero attached hydrogens (tertiary/aromatic N) is 3. The fraction of sp³-hybridized carbons (Fsp3) is 0.267. The zero-order valence-corrected chi connectivity index (χ0v) is 12.8. The third kappa shape index (κ3) is 3.70. The van der Waals surface area contributed by atoms with Gasteiger partial charge in [-0.1, -0.05) is 18.5 Å². The highest BCUT2D eigenvalue weighted by Crippen LogP contribution is 2.20. The van der Waals surface area contributed by atoms with Crippen LogP contribution < -0.4 is 10.2 Å². The number of pyridine rings is 2. The molecule has 21 heavy (non-hydrogen) atoms. The predicted molar refractivity (Wildman–Crippen MR) is 85.0 cm³/mol.